The fourth-order valence-electron chi connectivity index (χ4n) is 1.35. The van der Waals surface area contributed by atoms with Gasteiger partial charge in [-0.2, -0.15) is 0 Å². The molecule has 1 aliphatic rings. The van der Waals surface area contributed by atoms with Crippen LogP contribution in [0.2, 0.25) is 0 Å². The number of aliphatic hydroxyl groups excluding tert-OH is 1. The van der Waals surface area contributed by atoms with Gasteiger partial charge in [0, 0.05) is 5.71 Å². The van der Waals surface area contributed by atoms with E-state index in [-0.39, 0.29) is 18.1 Å². The fourth-order valence-corrected chi connectivity index (χ4v) is 1.35. The molecule has 0 aromatic heterocycles. The van der Waals surface area contributed by atoms with Crippen LogP contribution in [0.15, 0.2) is 4.99 Å². The van der Waals surface area contributed by atoms with E-state index in [1.165, 1.54) is 5.71 Å². The first-order chi connectivity index (χ1) is 5.04. The molecule has 0 saturated carbocycles. The minimum absolute atomic E-state index is 0.184. The lowest BCUT2D eigenvalue weighted by Gasteiger charge is -2.17. The van der Waals surface area contributed by atoms with E-state index in [2.05, 4.69) is 25.8 Å². The van der Waals surface area contributed by atoms with Crippen molar-refractivity contribution in [2.45, 2.75) is 39.7 Å². The molecule has 0 bridgehead atoms. The average molecular weight is 155 g/mol. The van der Waals surface area contributed by atoms with Gasteiger partial charge >= 0.3 is 0 Å². The van der Waals surface area contributed by atoms with Crippen molar-refractivity contribution in [3.05, 3.63) is 0 Å². The number of aliphatic hydroxyl groups is 1. The summed E-state index contributed by atoms with van der Waals surface area (Å²) >= 11 is 0. The lowest BCUT2D eigenvalue weighted by molar-refractivity contribution is 0.267. The van der Waals surface area contributed by atoms with E-state index in [9.17, 15) is 0 Å². The van der Waals surface area contributed by atoms with Gasteiger partial charge in [0.05, 0.1) is 12.6 Å². The van der Waals surface area contributed by atoms with E-state index in [1.54, 1.807) is 0 Å². The fraction of sp³-hybridized carbons (Fsp3) is 0.889. The number of rotatable bonds is 1. The molecule has 2 nitrogen and oxygen atoms in total. The van der Waals surface area contributed by atoms with Gasteiger partial charge in [0.25, 0.3) is 0 Å². The van der Waals surface area contributed by atoms with Crippen molar-refractivity contribution in [1.82, 2.24) is 0 Å². The van der Waals surface area contributed by atoms with Crippen LogP contribution < -0.4 is 0 Å². The molecule has 0 spiro atoms. The highest BCUT2D eigenvalue weighted by Crippen LogP contribution is 2.26. The van der Waals surface area contributed by atoms with E-state index in [1.807, 2.05) is 0 Å². The molecule has 1 rings (SSSR count). The smallest absolute Gasteiger partial charge is 0.0733 e. The van der Waals surface area contributed by atoms with E-state index in [0.29, 0.717) is 0 Å². The summed E-state index contributed by atoms with van der Waals surface area (Å²) in [6, 6.07) is 0.184. The number of aliphatic imine (C=N–C) groups is 1. The molecular weight excluding hydrogens is 138 g/mol. The molecule has 1 atom stereocenters. The Bertz CT molecular complexity index is 167. The molecule has 0 saturated heterocycles. The van der Waals surface area contributed by atoms with Gasteiger partial charge in [0.2, 0.25) is 0 Å². The maximum Gasteiger partial charge on any atom is 0.0733 e. The molecule has 0 aliphatic carbocycles. The van der Waals surface area contributed by atoms with Crippen LogP contribution in [0, 0.1) is 5.41 Å². The van der Waals surface area contributed by atoms with Crippen molar-refractivity contribution >= 4 is 5.71 Å². The second-order valence-electron chi connectivity index (χ2n) is 4.20. The predicted octanol–water partition coefficient (Wildman–Crippen LogP) is 1.63. The quantitative estimate of drug-likeness (QED) is 0.613. The van der Waals surface area contributed by atoms with Crippen LogP contribution in [-0.4, -0.2) is 23.5 Å². The zero-order valence-corrected chi connectivity index (χ0v) is 7.59. The van der Waals surface area contributed by atoms with Crippen LogP contribution in [0.4, 0.5) is 0 Å². The Kier molecular flexibility index (Phi) is 2.33. The van der Waals surface area contributed by atoms with Gasteiger partial charge in [0.1, 0.15) is 0 Å². The van der Waals surface area contributed by atoms with Crippen molar-refractivity contribution in [3.63, 3.8) is 0 Å². The third kappa shape index (κ3) is 2.03. The Balaban J connectivity index is 2.62. The summed E-state index contributed by atoms with van der Waals surface area (Å²) in [5.41, 5.74) is 1.46. The van der Waals surface area contributed by atoms with Gasteiger partial charge in [-0.05, 0) is 18.3 Å². The molecule has 0 radical (unpaired) electrons. The first-order valence-corrected chi connectivity index (χ1v) is 4.22. The van der Waals surface area contributed by atoms with Crippen molar-refractivity contribution < 1.29 is 5.11 Å². The van der Waals surface area contributed by atoms with Gasteiger partial charge in [-0.15, -0.1) is 0 Å². The third-order valence-corrected chi connectivity index (χ3v) is 2.13. The first-order valence-electron chi connectivity index (χ1n) is 4.22. The van der Waals surface area contributed by atoms with Crippen molar-refractivity contribution in [2.75, 3.05) is 6.61 Å². The summed E-state index contributed by atoms with van der Waals surface area (Å²) in [5, 5.41) is 8.84. The summed E-state index contributed by atoms with van der Waals surface area (Å²) in [4.78, 5) is 4.44. The molecule has 0 unspecified atom stereocenters. The average Bonchev–Trinajstić information content (AvgIpc) is 2.32. The summed E-state index contributed by atoms with van der Waals surface area (Å²) in [6.07, 6.45) is 2.10. The standard InChI is InChI=1S/C9H17NO/c1-9(2,3)8-5-4-7(6-11)10-8/h7,11H,4-6H2,1-3H3/t7-/m0/s1. The number of hydrogen-bond donors (Lipinski definition) is 1. The monoisotopic (exact) mass is 155 g/mol. The minimum Gasteiger partial charge on any atom is -0.394 e. The largest absolute Gasteiger partial charge is 0.394 e. The lowest BCUT2D eigenvalue weighted by Crippen LogP contribution is -2.17. The maximum atomic E-state index is 8.84. The van der Waals surface area contributed by atoms with Gasteiger partial charge in [-0.1, -0.05) is 20.8 Å². The Morgan fingerprint density at radius 1 is 1.55 bits per heavy atom. The molecule has 1 N–H and O–H groups in total. The SMILES string of the molecule is CC(C)(C)C1=N[C@H](CO)CC1. The molecule has 0 fully saturated rings. The second kappa shape index (κ2) is 2.94. The molecule has 1 heterocycles. The maximum absolute atomic E-state index is 8.84. The molecule has 1 aliphatic heterocycles. The van der Waals surface area contributed by atoms with E-state index in [4.69, 9.17) is 5.11 Å². The van der Waals surface area contributed by atoms with Gasteiger partial charge in [0.15, 0.2) is 0 Å². The second-order valence-corrected chi connectivity index (χ2v) is 4.20. The van der Waals surface area contributed by atoms with Crippen molar-refractivity contribution in [3.8, 4) is 0 Å². The van der Waals surface area contributed by atoms with Crippen LogP contribution in [-0.2, 0) is 0 Å². The van der Waals surface area contributed by atoms with Crippen molar-refractivity contribution in [2.24, 2.45) is 10.4 Å². The van der Waals surface area contributed by atoms with Crippen LogP contribution in [0.25, 0.3) is 0 Å². The Morgan fingerprint density at radius 3 is 2.45 bits per heavy atom. The van der Waals surface area contributed by atoms with E-state index < -0.39 is 0 Å². The van der Waals surface area contributed by atoms with Crippen LogP contribution >= 0.6 is 0 Å². The first kappa shape index (κ1) is 8.72. The number of nitrogens with zero attached hydrogens (tertiary/aromatic N) is 1. The third-order valence-electron chi connectivity index (χ3n) is 2.13. The zero-order valence-electron chi connectivity index (χ0n) is 7.59. The van der Waals surface area contributed by atoms with Gasteiger partial charge in [-0.25, -0.2) is 0 Å². The zero-order chi connectivity index (χ0) is 8.48. The normalized spacial score (nSPS) is 25.5. The van der Waals surface area contributed by atoms with Gasteiger partial charge in [-0.3, -0.25) is 4.99 Å². The highest BCUT2D eigenvalue weighted by atomic mass is 16.3. The minimum atomic E-state index is 0.184. The summed E-state index contributed by atoms with van der Waals surface area (Å²) in [7, 11) is 0. The molecule has 0 amide bonds. The molecule has 0 aromatic rings. The van der Waals surface area contributed by atoms with E-state index in [0.717, 1.165) is 12.8 Å². The van der Waals surface area contributed by atoms with E-state index >= 15 is 0 Å². The molecule has 2 heteroatoms. The highest BCUT2D eigenvalue weighted by Gasteiger charge is 2.25. The van der Waals surface area contributed by atoms with Crippen molar-refractivity contribution in [1.29, 1.82) is 0 Å². The molecule has 64 valence electrons. The van der Waals surface area contributed by atoms with Gasteiger partial charge < -0.3 is 5.11 Å². The Labute approximate surface area is 68.3 Å². The van der Waals surface area contributed by atoms with Crippen LogP contribution in [0.1, 0.15) is 33.6 Å². The summed E-state index contributed by atoms with van der Waals surface area (Å²) in [5.74, 6) is 0. The topological polar surface area (TPSA) is 32.6 Å². The lowest BCUT2D eigenvalue weighted by atomic mass is 9.88. The predicted molar refractivity (Wildman–Crippen MR) is 47.0 cm³/mol. The number of hydrogen-bond acceptors (Lipinski definition) is 2. The Hall–Kier alpha value is -0.370. The molecular formula is C9H17NO. The molecule has 0 aromatic carbocycles. The van der Waals surface area contributed by atoms with Crippen LogP contribution in [0.5, 0.6) is 0 Å². The highest BCUT2D eigenvalue weighted by molar-refractivity contribution is 5.90. The summed E-state index contributed by atoms with van der Waals surface area (Å²) in [6.45, 7) is 6.72. The van der Waals surface area contributed by atoms with Crippen LogP contribution in [0.3, 0.4) is 0 Å². The Morgan fingerprint density at radius 2 is 2.18 bits per heavy atom. The summed E-state index contributed by atoms with van der Waals surface area (Å²) < 4.78 is 0. The molecule has 11 heavy (non-hydrogen) atoms.